The van der Waals surface area contributed by atoms with Gasteiger partial charge in [-0.3, -0.25) is 4.79 Å². The highest BCUT2D eigenvalue weighted by Crippen LogP contribution is 2.35. The molecule has 0 aliphatic heterocycles. The van der Waals surface area contributed by atoms with E-state index in [2.05, 4.69) is 5.32 Å². The summed E-state index contributed by atoms with van der Waals surface area (Å²) < 4.78 is 49.3. The standard InChI is InChI=1S/C18H19F3N2O3/c1-23(2)15-8-5-11(18(19,20)21)9-14(15)22-17(24)13-7-6-12(25-3)10-16(13)26-4/h5-10H,1-4H3,(H,22,24). The maximum absolute atomic E-state index is 13.0. The predicted octanol–water partition coefficient (Wildman–Crippen LogP) is 4.04. The Balaban J connectivity index is 2.42. The molecule has 0 bridgehead atoms. The van der Waals surface area contributed by atoms with Crippen LogP contribution in [-0.2, 0) is 6.18 Å². The van der Waals surface area contributed by atoms with Gasteiger partial charge in [-0.1, -0.05) is 0 Å². The molecule has 0 radical (unpaired) electrons. The predicted molar refractivity (Wildman–Crippen MR) is 93.3 cm³/mol. The zero-order valence-electron chi connectivity index (χ0n) is 14.8. The lowest BCUT2D eigenvalue weighted by Crippen LogP contribution is -2.18. The molecule has 0 unspecified atom stereocenters. The van der Waals surface area contributed by atoms with Crippen molar-refractivity contribution in [3.05, 3.63) is 47.5 Å². The number of anilines is 2. The molecule has 26 heavy (non-hydrogen) atoms. The first-order chi connectivity index (χ1) is 12.2. The molecular weight excluding hydrogens is 349 g/mol. The van der Waals surface area contributed by atoms with Crippen molar-refractivity contribution in [2.75, 3.05) is 38.5 Å². The van der Waals surface area contributed by atoms with E-state index in [1.807, 2.05) is 0 Å². The fourth-order valence-corrected chi connectivity index (χ4v) is 2.38. The van der Waals surface area contributed by atoms with Crippen molar-refractivity contribution in [2.45, 2.75) is 6.18 Å². The van der Waals surface area contributed by atoms with Crippen LogP contribution in [-0.4, -0.2) is 34.2 Å². The molecule has 0 saturated carbocycles. The van der Waals surface area contributed by atoms with Gasteiger partial charge in [0.05, 0.1) is 36.7 Å². The summed E-state index contributed by atoms with van der Waals surface area (Å²) in [6, 6.07) is 7.76. The van der Waals surface area contributed by atoms with Gasteiger partial charge in [0.25, 0.3) is 5.91 Å². The minimum Gasteiger partial charge on any atom is -0.497 e. The largest absolute Gasteiger partial charge is 0.497 e. The van der Waals surface area contributed by atoms with Gasteiger partial charge in [-0.05, 0) is 30.3 Å². The lowest BCUT2D eigenvalue weighted by molar-refractivity contribution is -0.137. The van der Waals surface area contributed by atoms with Gasteiger partial charge in [0.15, 0.2) is 0 Å². The number of halogens is 3. The summed E-state index contributed by atoms with van der Waals surface area (Å²) in [5, 5.41) is 2.53. The Labute approximate surface area is 149 Å². The molecule has 1 N–H and O–H groups in total. The quantitative estimate of drug-likeness (QED) is 0.865. The molecule has 0 atom stereocenters. The summed E-state index contributed by atoms with van der Waals surface area (Å²) in [5.74, 6) is 0.151. The zero-order valence-corrected chi connectivity index (χ0v) is 14.8. The van der Waals surface area contributed by atoms with Crippen LogP contribution in [0.2, 0.25) is 0 Å². The number of carbonyl (C=O) groups is 1. The van der Waals surface area contributed by atoms with Crippen LogP contribution in [0.5, 0.6) is 11.5 Å². The van der Waals surface area contributed by atoms with Gasteiger partial charge in [0, 0.05) is 20.2 Å². The van der Waals surface area contributed by atoms with E-state index in [0.29, 0.717) is 11.4 Å². The van der Waals surface area contributed by atoms with Crippen molar-refractivity contribution in [1.29, 1.82) is 0 Å². The molecule has 0 spiro atoms. The smallest absolute Gasteiger partial charge is 0.416 e. The number of nitrogens with zero attached hydrogens (tertiary/aromatic N) is 1. The molecule has 0 aliphatic carbocycles. The second-order valence-electron chi connectivity index (χ2n) is 5.64. The van der Waals surface area contributed by atoms with Crippen LogP contribution in [0.3, 0.4) is 0 Å². The van der Waals surface area contributed by atoms with Gasteiger partial charge in [0.2, 0.25) is 0 Å². The fraction of sp³-hybridized carbons (Fsp3) is 0.278. The summed E-state index contributed by atoms with van der Waals surface area (Å²) in [5.41, 5.74) is -0.179. The number of benzene rings is 2. The summed E-state index contributed by atoms with van der Waals surface area (Å²) in [6.07, 6.45) is -4.51. The first-order valence-electron chi connectivity index (χ1n) is 7.59. The van der Waals surface area contributed by atoms with Gasteiger partial charge in [-0.15, -0.1) is 0 Å². The molecule has 2 aromatic rings. The van der Waals surface area contributed by atoms with Gasteiger partial charge >= 0.3 is 6.18 Å². The normalized spacial score (nSPS) is 11.0. The average Bonchev–Trinajstić information content (AvgIpc) is 2.59. The number of carbonyl (C=O) groups excluding carboxylic acids is 1. The van der Waals surface area contributed by atoms with Crippen LogP contribution >= 0.6 is 0 Å². The third-order valence-electron chi connectivity index (χ3n) is 3.71. The third-order valence-corrected chi connectivity index (χ3v) is 3.71. The van der Waals surface area contributed by atoms with Crippen molar-refractivity contribution >= 4 is 17.3 Å². The number of rotatable bonds is 5. The molecule has 0 fully saturated rings. The van der Waals surface area contributed by atoms with E-state index in [1.54, 1.807) is 25.1 Å². The van der Waals surface area contributed by atoms with E-state index >= 15 is 0 Å². The van der Waals surface area contributed by atoms with E-state index in [-0.39, 0.29) is 17.0 Å². The van der Waals surface area contributed by atoms with E-state index in [0.717, 1.165) is 12.1 Å². The maximum Gasteiger partial charge on any atom is 0.416 e. The Morgan fingerprint density at radius 1 is 1.04 bits per heavy atom. The van der Waals surface area contributed by atoms with E-state index in [9.17, 15) is 18.0 Å². The average molecular weight is 368 g/mol. The molecule has 0 aromatic heterocycles. The Morgan fingerprint density at radius 2 is 1.73 bits per heavy atom. The number of alkyl halides is 3. The molecule has 2 rings (SSSR count). The summed E-state index contributed by atoms with van der Waals surface area (Å²) >= 11 is 0. The maximum atomic E-state index is 13.0. The molecule has 0 saturated heterocycles. The van der Waals surface area contributed by atoms with Crippen LogP contribution in [0.15, 0.2) is 36.4 Å². The van der Waals surface area contributed by atoms with Crippen molar-refractivity contribution in [3.8, 4) is 11.5 Å². The monoisotopic (exact) mass is 368 g/mol. The van der Waals surface area contributed by atoms with Gasteiger partial charge < -0.3 is 19.7 Å². The van der Waals surface area contributed by atoms with E-state index in [4.69, 9.17) is 9.47 Å². The minimum absolute atomic E-state index is 0.0488. The van der Waals surface area contributed by atoms with Crippen LogP contribution in [0.4, 0.5) is 24.5 Å². The van der Waals surface area contributed by atoms with Crippen LogP contribution in [0, 0.1) is 0 Å². The fourth-order valence-electron chi connectivity index (χ4n) is 2.38. The highest BCUT2D eigenvalue weighted by molar-refractivity contribution is 6.07. The van der Waals surface area contributed by atoms with Crippen molar-refractivity contribution in [1.82, 2.24) is 0 Å². The highest BCUT2D eigenvalue weighted by Gasteiger charge is 2.31. The summed E-state index contributed by atoms with van der Waals surface area (Å²) in [4.78, 5) is 14.2. The van der Waals surface area contributed by atoms with Crippen molar-refractivity contribution < 1.29 is 27.4 Å². The number of hydrogen-bond acceptors (Lipinski definition) is 4. The topological polar surface area (TPSA) is 50.8 Å². The van der Waals surface area contributed by atoms with Gasteiger partial charge in [-0.25, -0.2) is 0 Å². The number of methoxy groups -OCH3 is 2. The zero-order chi connectivity index (χ0) is 19.5. The Bertz CT molecular complexity index is 805. The molecular formula is C18H19F3N2O3. The number of hydrogen-bond donors (Lipinski definition) is 1. The van der Waals surface area contributed by atoms with E-state index in [1.165, 1.54) is 32.4 Å². The summed E-state index contributed by atoms with van der Waals surface area (Å²) in [7, 11) is 6.21. The summed E-state index contributed by atoms with van der Waals surface area (Å²) in [6.45, 7) is 0. The number of ether oxygens (including phenoxy) is 2. The second kappa shape index (κ2) is 7.55. The van der Waals surface area contributed by atoms with Crippen molar-refractivity contribution in [3.63, 3.8) is 0 Å². The minimum atomic E-state index is -4.51. The van der Waals surface area contributed by atoms with Crippen LogP contribution in [0.1, 0.15) is 15.9 Å². The Kier molecular flexibility index (Phi) is 5.64. The van der Waals surface area contributed by atoms with Gasteiger partial charge in [-0.2, -0.15) is 13.2 Å². The first kappa shape index (κ1) is 19.4. The Hall–Kier alpha value is -2.90. The first-order valence-corrected chi connectivity index (χ1v) is 7.59. The van der Waals surface area contributed by atoms with Crippen molar-refractivity contribution in [2.24, 2.45) is 0 Å². The van der Waals surface area contributed by atoms with E-state index < -0.39 is 17.6 Å². The van der Waals surface area contributed by atoms with Gasteiger partial charge in [0.1, 0.15) is 11.5 Å². The lowest BCUT2D eigenvalue weighted by atomic mass is 10.1. The highest BCUT2D eigenvalue weighted by atomic mass is 19.4. The second-order valence-corrected chi connectivity index (χ2v) is 5.64. The molecule has 5 nitrogen and oxygen atoms in total. The third kappa shape index (κ3) is 4.19. The molecule has 1 amide bonds. The van der Waals surface area contributed by atoms with Crippen LogP contribution < -0.4 is 19.7 Å². The molecule has 2 aromatic carbocycles. The number of amides is 1. The van der Waals surface area contributed by atoms with Crippen LogP contribution in [0.25, 0.3) is 0 Å². The molecule has 8 heteroatoms. The molecule has 0 aliphatic rings. The molecule has 0 heterocycles. The lowest BCUT2D eigenvalue weighted by Gasteiger charge is -2.20. The molecule has 140 valence electrons. The SMILES string of the molecule is COc1ccc(C(=O)Nc2cc(C(F)(F)F)ccc2N(C)C)c(OC)c1. The Morgan fingerprint density at radius 3 is 2.27 bits per heavy atom. The number of nitrogens with one attached hydrogen (secondary N) is 1.